The van der Waals surface area contributed by atoms with Crippen LogP contribution in [0.3, 0.4) is 0 Å². The summed E-state index contributed by atoms with van der Waals surface area (Å²) in [5, 5.41) is 10.9. The van der Waals surface area contributed by atoms with Crippen LogP contribution in [-0.4, -0.2) is 9.91 Å². The quantitative estimate of drug-likeness (QED) is 0.609. The first kappa shape index (κ1) is 14.7. The Morgan fingerprint density at radius 2 is 1.71 bits per heavy atom. The van der Waals surface area contributed by atoms with Crippen molar-refractivity contribution < 1.29 is 9.34 Å². The minimum atomic E-state index is -0.451. The molecule has 21 heavy (non-hydrogen) atoms. The highest BCUT2D eigenvalue weighted by Crippen LogP contribution is 2.19. The third-order valence-corrected chi connectivity index (χ3v) is 2.89. The van der Waals surface area contributed by atoms with E-state index in [2.05, 4.69) is 4.98 Å². The average Bonchev–Trinajstić information content (AvgIpc) is 2.49. The highest BCUT2D eigenvalue weighted by Gasteiger charge is 2.06. The molecule has 0 unspecified atom stereocenters. The van der Waals surface area contributed by atoms with Gasteiger partial charge in [-0.2, -0.15) is 0 Å². The van der Waals surface area contributed by atoms with Gasteiger partial charge in [-0.25, -0.2) is 4.98 Å². The summed E-state index contributed by atoms with van der Waals surface area (Å²) >= 11 is 0. The van der Waals surface area contributed by atoms with Crippen molar-refractivity contribution >= 4 is 5.69 Å². The molecule has 0 amide bonds. The number of hydrogen-bond donors (Lipinski definition) is 0. The largest absolute Gasteiger partial charge is 0.443 e. The van der Waals surface area contributed by atoms with E-state index in [0.717, 1.165) is 11.1 Å². The molecule has 0 N–H and O–H groups in total. The first-order chi connectivity index (χ1) is 9.95. The second-order valence-electron chi connectivity index (χ2n) is 4.80. The molecule has 0 spiro atoms. The Bertz CT molecular complexity index is 717. The van der Waals surface area contributed by atoms with Crippen molar-refractivity contribution in [2.75, 3.05) is 0 Å². The number of hydrogen-bond acceptors (Lipinski definition) is 4. The topological polar surface area (TPSA) is 69.2 Å². The summed E-state index contributed by atoms with van der Waals surface area (Å²) in [6, 6.07) is 12.2. The van der Waals surface area contributed by atoms with Gasteiger partial charge in [0, 0.05) is 17.3 Å². The predicted molar refractivity (Wildman–Crippen MR) is 80.4 cm³/mol. The fourth-order valence-electron chi connectivity index (χ4n) is 1.80. The molecule has 5 nitrogen and oxygen atoms in total. The van der Waals surface area contributed by atoms with E-state index in [-0.39, 0.29) is 5.69 Å². The fourth-order valence-corrected chi connectivity index (χ4v) is 1.80. The average molecular weight is 284 g/mol. The molecule has 0 radical (unpaired) electrons. The van der Waals surface area contributed by atoms with Crippen LogP contribution >= 0.6 is 0 Å². The molecular formula is C16H16N2O3. The minimum absolute atomic E-state index is 0.0350. The van der Waals surface area contributed by atoms with Crippen LogP contribution < -0.4 is 0 Å². The maximum absolute atomic E-state index is 10.9. The summed E-state index contributed by atoms with van der Waals surface area (Å²) in [5.41, 5.74) is 2.56. The van der Waals surface area contributed by atoms with E-state index in [0.29, 0.717) is 17.3 Å². The lowest BCUT2D eigenvalue weighted by atomic mass is 10.1. The molecule has 0 fully saturated rings. The first-order valence-corrected chi connectivity index (χ1v) is 6.50. The number of benzene rings is 1. The van der Waals surface area contributed by atoms with Gasteiger partial charge in [-0.05, 0) is 39.0 Å². The molecule has 0 saturated carbocycles. The van der Waals surface area contributed by atoms with Gasteiger partial charge in [0.1, 0.15) is 5.76 Å². The summed E-state index contributed by atoms with van der Waals surface area (Å²) in [7, 11) is 0. The molecular weight excluding hydrogens is 268 g/mol. The third kappa shape index (κ3) is 3.89. The maximum atomic E-state index is 10.9. The van der Waals surface area contributed by atoms with E-state index in [1.807, 2.05) is 31.2 Å². The van der Waals surface area contributed by atoms with E-state index < -0.39 is 4.92 Å². The van der Waals surface area contributed by atoms with Gasteiger partial charge in [-0.3, -0.25) is 10.1 Å². The van der Waals surface area contributed by atoms with Crippen LogP contribution in [0, 0.1) is 30.9 Å². The Morgan fingerprint density at radius 1 is 1.05 bits per heavy atom. The first-order valence-electron chi connectivity index (χ1n) is 6.50. The molecule has 1 aromatic carbocycles. The number of nitrogens with zero attached hydrogens (tertiary/aromatic N) is 2. The molecule has 0 aliphatic rings. The standard InChI is InChI=1S/C16H16N2O3/c1-11-4-7-14(8-5-11)16-17-12(2)6-9-15(18(19)20)10-13(3)21-16/h4-10H,1-3H3. The third-order valence-electron chi connectivity index (χ3n) is 2.89. The molecule has 1 heterocycles. The van der Waals surface area contributed by atoms with E-state index >= 15 is 0 Å². The molecule has 0 saturated heterocycles. The van der Waals surface area contributed by atoms with Crippen LogP contribution in [0.2, 0.25) is 0 Å². The van der Waals surface area contributed by atoms with Crippen LogP contribution in [0.5, 0.6) is 0 Å². The van der Waals surface area contributed by atoms with Crippen molar-refractivity contribution in [2.24, 2.45) is 0 Å². The van der Waals surface area contributed by atoms with Crippen LogP contribution in [0.15, 0.2) is 46.9 Å². The van der Waals surface area contributed by atoms with Gasteiger partial charge in [0.2, 0.25) is 5.89 Å². The zero-order valence-electron chi connectivity index (χ0n) is 12.2. The number of nitro groups is 1. The van der Waals surface area contributed by atoms with Crippen molar-refractivity contribution in [3.05, 3.63) is 69.6 Å². The van der Waals surface area contributed by atoms with E-state index in [4.69, 9.17) is 4.42 Å². The monoisotopic (exact) mass is 284 g/mol. The molecule has 0 aliphatic heterocycles. The summed E-state index contributed by atoms with van der Waals surface area (Å²) in [6.45, 7) is 5.44. The summed E-state index contributed by atoms with van der Waals surface area (Å²) in [5.74, 6) is 0.843. The summed E-state index contributed by atoms with van der Waals surface area (Å²) in [6.07, 6.45) is 0. The zero-order chi connectivity index (χ0) is 15.4. The van der Waals surface area contributed by atoms with E-state index in [9.17, 15) is 10.1 Å². The molecule has 2 aromatic rings. The zero-order valence-corrected chi connectivity index (χ0v) is 12.2. The second-order valence-corrected chi connectivity index (χ2v) is 4.80. The van der Waals surface area contributed by atoms with Gasteiger partial charge in [0.15, 0.2) is 0 Å². The number of aromatic nitrogens is 1. The van der Waals surface area contributed by atoms with Crippen LogP contribution in [0.4, 0.5) is 5.69 Å². The molecule has 1 aromatic heterocycles. The molecule has 108 valence electrons. The fraction of sp³-hybridized carbons (Fsp3) is 0.188. The maximum Gasteiger partial charge on any atom is 0.272 e. The SMILES string of the molecule is Cc1ccc(-c2nc(C)ccc([N+](=O)[O-])cc(C)o2)cc1. The Hall–Kier alpha value is -2.69. The van der Waals surface area contributed by atoms with Crippen molar-refractivity contribution in [2.45, 2.75) is 20.8 Å². The Kier molecular flexibility index (Phi) is 4.33. The smallest absolute Gasteiger partial charge is 0.272 e. The lowest BCUT2D eigenvalue weighted by Gasteiger charge is -2.00. The number of rotatable bonds is 2. The van der Waals surface area contributed by atoms with E-state index in [1.165, 1.54) is 12.1 Å². The molecule has 5 heteroatoms. The van der Waals surface area contributed by atoms with Crippen molar-refractivity contribution in [1.82, 2.24) is 4.98 Å². The molecule has 0 atom stereocenters. The normalized spacial score (nSPS) is 10.0. The highest BCUT2D eigenvalue weighted by atomic mass is 16.6. The van der Waals surface area contributed by atoms with Crippen LogP contribution in [-0.2, 0) is 0 Å². The molecule has 2 rings (SSSR count). The van der Waals surface area contributed by atoms with Gasteiger partial charge in [-0.15, -0.1) is 0 Å². The summed E-state index contributed by atoms with van der Waals surface area (Å²) in [4.78, 5) is 14.9. The van der Waals surface area contributed by atoms with Gasteiger partial charge >= 0.3 is 0 Å². The van der Waals surface area contributed by atoms with Gasteiger partial charge < -0.3 is 4.42 Å². The van der Waals surface area contributed by atoms with Crippen LogP contribution in [0.25, 0.3) is 11.5 Å². The lowest BCUT2D eigenvalue weighted by molar-refractivity contribution is -0.384. The predicted octanol–water partition coefficient (Wildman–Crippen LogP) is 4.30. The summed E-state index contributed by atoms with van der Waals surface area (Å²) < 4.78 is 5.67. The highest BCUT2D eigenvalue weighted by molar-refractivity contribution is 5.53. The Morgan fingerprint density at radius 3 is 2.33 bits per heavy atom. The second kappa shape index (κ2) is 6.17. The Labute approximate surface area is 122 Å². The van der Waals surface area contributed by atoms with Crippen molar-refractivity contribution in [1.29, 1.82) is 0 Å². The van der Waals surface area contributed by atoms with Gasteiger partial charge in [0.05, 0.1) is 11.0 Å². The molecule has 0 bridgehead atoms. The Balaban J connectivity index is 2.67. The lowest BCUT2D eigenvalue weighted by Crippen LogP contribution is -1.85. The van der Waals surface area contributed by atoms with Crippen LogP contribution in [0.1, 0.15) is 17.0 Å². The van der Waals surface area contributed by atoms with Gasteiger partial charge in [0.25, 0.3) is 5.69 Å². The van der Waals surface area contributed by atoms with Crippen molar-refractivity contribution in [3.63, 3.8) is 0 Å². The van der Waals surface area contributed by atoms with E-state index in [1.54, 1.807) is 19.9 Å². The minimum Gasteiger partial charge on any atom is -0.443 e. The molecule has 0 aliphatic carbocycles. The van der Waals surface area contributed by atoms with Gasteiger partial charge in [-0.1, -0.05) is 17.7 Å². The van der Waals surface area contributed by atoms with Crippen molar-refractivity contribution in [3.8, 4) is 11.5 Å². The number of aryl methyl sites for hydroxylation is 3.